The number of nitro benzene ring substituents is 1. The largest absolute Gasteiger partial charge is 0.314 e. The molecule has 16 heavy (non-hydrogen) atoms. The van der Waals surface area contributed by atoms with E-state index in [1.54, 1.807) is 13.1 Å². The third kappa shape index (κ3) is 2.76. The van der Waals surface area contributed by atoms with Gasteiger partial charge in [0.15, 0.2) is 0 Å². The van der Waals surface area contributed by atoms with E-state index >= 15 is 0 Å². The Labute approximate surface area is 93.6 Å². The van der Waals surface area contributed by atoms with Crippen molar-refractivity contribution in [2.75, 3.05) is 7.05 Å². The molecule has 1 aromatic carbocycles. The smallest absolute Gasteiger partial charge is 0.305 e. The Kier molecular flexibility index (Phi) is 3.59. The van der Waals surface area contributed by atoms with Crippen molar-refractivity contribution in [1.29, 1.82) is 0 Å². The molecule has 5 heteroatoms. The molecule has 0 amide bonds. The summed E-state index contributed by atoms with van der Waals surface area (Å²) in [6.07, 6.45) is 0.400. The predicted molar refractivity (Wildman–Crippen MR) is 59.9 cm³/mol. The number of nitrogens with zero attached hydrogens (tertiary/aromatic N) is 1. The Hall–Kier alpha value is -1.49. The fourth-order valence-corrected chi connectivity index (χ4v) is 1.41. The van der Waals surface area contributed by atoms with E-state index < -0.39 is 16.4 Å². The van der Waals surface area contributed by atoms with Crippen LogP contribution in [0, 0.1) is 15.9 Å². The Bertz CT molecular complexity index is 405. The summed E-state index contributed by atoms with van der Waals surface area (Å²) >= 11 is 0. The van der Waals surface area contributed by atoms with Crippen LogP contribution in [0.2, 0.25) is 0 Å². The van der Waals surface area contributed by atoms with Crippen LogP contribution in [0.5, 0.6) is 0 Å². The minimum Gasteiger partial charge on any atom is -0.314 e. The zero-order chi connectivity index (χ0) is 12.3. The number of halogens is 1. The highest BCUT2D eigenvalue weighted by molar-refractivity contribution is 5.37. The second-order valence-electron chi connectivity index (χ2n) is 4.32. The average molecular weight is 226 g/mol. The molecule has 0 aliphatic carbocycles. The Balaban J connectivity index is 3.07. The third-order valence-corrected chi connectivity index (χ3v) is 2.56. The van der Waals surface area contributed by atoms with Crippen molar-refractivity contribution >= 4 is 5.69 Å². The van der Waals surface area contributed by atoms with Crippen molar-refractivity contribution in [2.45, 2.75) is 25.8 Å². The monoisotopic (exact) mass is 226 g/mol. The molecule has 0 heterocycles. The molecule has 0 unspecified atom stereocenters. The number of hydrogen-bond acceptors (Lipinski definition) is 3. The molecule has 0 saturated carbocycles. The molecule has 1 N–H and O–H groups in total. The maximum Gasteiger partial charge on any atom is 0.305 e. The topological polar surface area (TPSA) is 55.2 Å². The number of nitrogens with one attached hydrogen (secondary N) is 1. The summed E-state index contributed by atoms with van der Waals surface area (Å²) in [5.41, 5.74) is -0.409. The van der Waals surface area contributed by atoms with Crippen molar-refractivity contribution in [3.8, 4) is 0 Å². The first-order valence-electron chi connectivity index (χ1n) is 4.98. The maximum absolute atomic E-state index is 13.7. The van der Waals surface area contributed by atoms with Crippen LogP contribution in [0.15, 0.2) is 18.2 Å². The van der Waals surface area contributed by atoms with E-state index in [1.165, 1.54) is 12.1 Å². The highest BCUT2D eigenvalue weighted by atomic mass is 19.1. The number of likely N-dealkylation sites (N-methyl/N-ethyl adjacent to an activating group) is 1. The summed E-state index contributed by atoms with van der Waals surface area (Å²) in [6, 6.07) is 4.24. The zero-order valence-electron chi connectivity index (χ0n) is 9.58. The summed E-state index contributed by atoms with van der Waals surface area (Å²) in [6.45, 7) is 3.82. The van der Waals surface area contributed by atoms with Crippen molar-refractivity contribution in [3.63, 3.8) is 0 Å². The molecule has 0 spiro atoms. The van der Waals surface area contributed by atoms with Gasteiger partial charge in [-0.3, -0.25) is 10.1 Å². The number of hydrogen-bond donors (Lipinski definition) is 1. The summed E-state index contributed by atoms with van der Waals surface area (Å²) in [5.74, 6) is -0.740. The number of benzene rings is 1. The minimum absolute atomic E-state index is 0.296. The van der Waals surface area contributed by atoms with Gasteiger partial charge < -0.3 is 5.32 Å². The lowest BCUT2D eigenvalue weighted by Crippen LogP contribution is -2.38. The summed E-state index contributed by atoms with van der Waals surface area (Å²) in [4.78, 5) is 9.86. The first kappa shape index (κ1) is 12.6. The molecule has 0 atom stereocenters. The van der Waals surface area contributed by atoms with Crippen molar-refractivity contribution < 1.29 is 9.31 Å². The van der Waals surface area contributed by atoms with E-state index in [-0.39, 0.29) is 5.54 Å². The zero-order valence-corrected chi connectivity index (χ0v) is 9.58. The second-order valence-corrected chi connectivity index (χ2v) is 4.32. The third-order valence-electron chi connectivity index (χ3n) is 2.56. The summed E-state index contributed by atoms with van der Waals surface area (Å²) in [5, 5.41) is 13.6. The predicted octanol–water partition coefficient (Wildman–Crippen LogP) is 2.27. The van der Waals surface area contributed by atoms with Crippen LogP contribution in [0.4, 0.5) is 10.1 Å². The van der Waals surface area contributed by atoms with Crippen LogP contribution in [0.1, 0.15) is 19.4 Å². The van der Waals surface area contributed by atoms with Crippen LogP contribution >= 0.6 is 0 Å². The number of nitro groups is 1. The first-order chi connectivity index (χ1) is 7.37. The summed E-state index contributed by atoms with van der Waals surface area (Å²) < 4.78 is 13.7. The highest BCUT2D eigenvalue weighted by Gasteiger charge is 2.22. The Morgan fingerprint density at radius 1 is 1.50 bits per heavy atom. The highest BCUT2D eigenvalue weighted by Crippen LogP contribution is 2.23. The van der Waals surface area contributed by atoms with Crippen molar-refractivity contribution in [3.05, 3.63) is 39.7 Å². The van der Waals surface area contributed by atoms with E-state index in [0.29, 0.717) is 12.0 Å². The molecule has 0 aliphatic heterocycles. The fourth-order valence-electron chi connectivity index (χ4n) is 1.41. The van der Waals surface area contributed by atoms with Crippen LogP contribution in [0.3, 0.4) is 0 Å². The Morgan fingerprint density at radius 3 is 2.62 bits per heavy atom. The van der Waals surface area contributed by atoms with E-state index in [4.69, 9.17) is 0 Å². The molecule has 0 aliphatic rings. The minimum atomic E-state index is -0.740. The molecule has 0 bridgehead atoms. The lowest BCUT2D eigenvalue weighted by Gasteiger charge is -2.24. The van der Waals surface area contributed by atoms with E-state index in [2.05, 4.69) is 5.32 Å². The second kappa shape index (κ2) is 4.57. The SMILES string of the molecule is CNC(C)(C)Cc1cccc([N+](=O)[O-])c1F. The first-order valence-corrected chi connectivity index (χ1v) is 4.98. The molecular formula is C11H15FN2O2. The van der Waals surface area contributed by atoms with Gasteiger partial charge in [-0.1, -0.05) is 12.1 Å². The number of rotatable bonds is 4. The van der Waals surface area contributed by atoms with Crippen molar-refractivity contribution in [1.82, 2.24) is 5.32 Å². The average Bonchev–Trinajstić information content (AvgIpc) is 2.20. The Morgan fingerprint density at radius 2 is 2.12 bits per heavy atom. The van der Waals surface area contributed by atoms with E-state index in [0.717, 1.165) is 0 Å². The van der Waals surface area contributed by atoms with Gasteiger partial charge in [0.05, 0.1) is 4.92 Å². The fraction of sp³-hybridized carbons (Fsp3) is 0.455. The van der Waals surface area contributed by atoms with Gasteiger partial charge >= 0.3 is 5.69 Å². The molecule has 1 aromatic rings. The van der Waals surface area contributed by atoms with Crippen LogP contribution in [-0.4, -0.2) is 17.5 Å². The quantitative estimate of drug-likeness (QED) is 0.633. The van der Waals surface area contributed by atoms with Crippen LogP contribution < -0.4 is 5.32 Å². The lowest BCUT2D eigenvalue weighted by atomic mass is 9.94. The van der Waals surface area contributed by atoms with Gasteiger partial charge in [-0.2, -0.15) is 4.39 Å². The molecule has 4 nitrogen and oxygen atoms in total. The van der Waals surface area contributed by atoms with Crippen LogP contribution in [-0.2, 0) is 6.42 Å². The molecule has 1 rings (SSSR count). The van der Waals surface area contributed by atoms with Crippen molar-refractivity contribution in [2.24, 2.45) is 0 Å². The normalized spacial score (nSPS) is 11.5. The molecule has 88 valence electrons. The molecule has 0 aromatic heterocycles. The van der Waals surface area contributed by atoms with Gasteiger partial charge in [0.25, 0.3) is 0 Å². The van der Waals surface area contributed by atoms with Gasteiger partial charge in [0.2, 0.25) is 5.82 Å². The standard InChI is InChI=1S/C11H15FN2O2/c1-11(2,13-3)7-8-5-4-6-9(10(8)12)14(15)16/h4-6,13H,7H2,1-3H3. The van der Waals surface area contributed by atoms with Gasteiger partial charge in [0, 0.05) is 11.6 Å². The van der Waals surface area contributed by atoms with E-state index in [9.17, 15) is 14.5 Å². The van der Waals surface area contributed by atoms with Gasteiger partial charge in [-0.25, -0.2) is 0 Å². The molecule has 0 radical (unpaired) electrons. The maximum atomic E-state index is 13.7. The van der Waals surface area contributed by atoms with Gasteiger partial charge in [-0.05, 0) is 32.9 Å². The van der Waals surface area contributed by atoms with Gasteiger partial charge in [0.1, 0.15) is 0 Å². The van der Waals surface area contributed by atoms with Crippen LogP contribution in [0.25, 0.3) is 0 Å². The van der Waals surface area contributed by atoms with Gasteiger partial charge in [-0.15, -0.1) is 0 Å². The molecule has 0 saturated heterocycles. The summed E-state index contributed by atoms with van der Waals surface area (Å²) in [7, 11) is 1.77. The lowest BCUT2D eigenvalue weighted by molar-refractivity contribution is -0.387. The molecule has 0 fully saturated rings. The molecular weight excluding hydrogens is 211 g/mol. The van der Waals surface area contributed by atoms with E-state index in [1.807, 2.05) is 13.8 Å².